The summed E-state index contributed by atoms with van der Waals surface area (Å²) in [5.41, 5.74) is 6.29. The van der Waals surface area contributed by atoms with E-state index in [1.165, 1.54) is 6.07 Å². The molecule has 6 aromatic rings. The average Bonchev–Trinajstić information content (AvgIpc) is 4.22. The topological polar surface area (TPSA) is 186 Å². The lowest BCUT2D eigenvalue weighted by molar-refractivity contribution is -0.120. The number of benzene rings is 2. The number of piperazine rings is 2. The van der Waals surface area contributed by atoms with E-state index in [9.17, 15) is 14.4 Å². The van der Waals surface area contributed by atoms with Gasteiger partial charge < -0.3 is 54.0 Å². The Morgan fingerprint density at radius 3 is 1.51 bits per heavy atom. The zero-order valence-electron chi connectivity index (χ0n) is 43.3. The van der Waals surface area contributed by atoms with Gasteiger partial charge in [-0.1, -0.05) is 12.1 Å². The van der Waals surface area contributed by atoms with Crippen molar-refractivity contribution in [2.75, 3.05) is 75.2 Å². The fraction of sp³-hybridized carbons (Fsp3) is 0.509. The van der Waals surface area contributed by atoms with Gasteiger partial charge in [-0.25, -0.2) is 33.5 Å². The van der Waals surface area contributed by atoms with E-state index < -0.39 is 5.60 Å². The Labute approximate surface area is 434 Å². The molecule has 4 saturated heterocycles. The van der Waals surface area contributed by atoms with Crippen LogP contribution in [0.15, 0.2) is 61.2 Å². The molecule has 4 aromatic heterocycles. The second-order valence-corrected chi connectivity index (χ2v) is 21.8. The molecule has 2 saturated carbocycles. The number of nitrogens with one attached hydrogen (secondary N) is 3. The highest BCUT2D eigenvalue weighted by Crippen LogP contribution is 2.43. The standard InChI is InChI=1S/C30H37FN6O4.C25H29FN6O2/c1-18(20-14-26(38)32-16-20)40-28-27-24(33-17-37(27)21-6-7-21)15-23(34-28)19-5-8-25(22(31)13-19)35-9-11-36(12-10-35)29(39)41-30(2,3)4;1-15(17-11-23(33)28-13-17)34-25-24-21(29-14-32(24)18-3-4-18)12-20(30-25)16-2-5-22(19(26)10-16)31-8-6-27-7-9-31/h5,8,13,15,17-18,20-21H,6-7,9-12,14,16H2,1-4H3,(H,32,38);2,5,10,12,14-15,17-18,27H,3-4,6-9,11,13H2,1H3,(H,28,33)/t18-,20-;15-,17-/m11/s1. The van der Waals surface area contributed by atoms with Crippen LogP contribution >= 0.6 is 0 Å². The molecule has 0 unspecified atom stereocenters. The summed E-state index contributed by atoms with van der Waals surface area (Å²) < 4.78 is 53.1. The van der Waals surface area contributed by atoms with Crippen molar-refractivity contribution >= 4 is 51.3 Å². The lowest BCUT2D eigenvalue weighted by Crippen LogP contribution is -2.50. The molecule has 12 rings (SSSR count). The number of halogens is 2. The van der Waals surface area contributed by atoms with E-state index in [2.05, 4.69) is 40.0 Å². The highest BCUT2D eigenvalue weighted by molar-refractivity contribution is 5.86. The van der Waals surface area contributed by atoms with Crippen molar-refractivity contribution in [2.24, 2.45) is 11.8 Å². The minimum atomic E-state index is -0.557. The smallest absolute Gasteiger partial charge is 0.410 e. The van der Waals surface area contributed by atoms with Crippen LogP contribution in [0.5, 0.6) is 11.8 Å². The summed E-state index contributed by atoms with van der Waals surface area (Å²) in [6.45, 7) is 15.8. The zero-order chi connectivity index (χ0) is 52.1. The van der Waals surface area contributed by atoms with Crippen molar-refractivity contribution in [3.63, 3.8) is 0 Å². The van der Waals surface area contributed by atoms with E-state index >= 15 is 8.78 Å². The molecular formula is C55H66F2N12O6. The lowest BCUT2D eigenvalue weighted by Gasteiger charge is -2.36. The van der Waals surface area contributed by atoms with Crippen molar-refractivity contribution in [1.82, 2.24) is 49.9 Å². The molecule has 396 valence electrons. The van der Waals surface area contributed by atoms with Crippen LogP contribution in [0.1, 0.15) is 85.2 Å². The number of ether oxygens (including phenoxy) is 3. The molecule has 18 nitrogen and oxygen atoms in total. The molecule has 75 heavy (non-hydrogen) atoms. The fourth-order valence-electron chi connectivity index (χ4n) is 10.4. The first-order valence-corrected chi connectivity index (χ1v) is 26.5. The Kier molecular flexibility index (Phi) is 13.7. The quantitative estimate of drug-likeness (QED) is 0.110. The Bertz CT molecular complexity index is 3120. The van der Waals surface area contributed by atoms with E-state index in [1.807, 2.05) is 82.5 Å². The van der Waals surface area contributed by atoms with Gasteiger partial charge in [0.15, 0.2) is 0 Å². The van der Waals surface area contributed by atoms with Crippen molar-refractivity contribution < 1.29 is 37.4 Å². The number of rotatable bonds is 12. The summed E-state index contributed by atoms with van der Waals surface area (Å²) in [6, 6.07) is 15.0. The van der Waals surface area contributed by atoms with Gasteiger partial charge in [0.2, 0.25) is 23.6 Å². The third-order valence-corrected chi connectivity index (χ3v) is 15.1. The SMILES string of the molecule is C[C@@H](Oc1nc(-c2ccc(N3CCN(C(=O)OC(C)(C)C)CC3)c(F)c2)cc2ncn(C3CC3)c12)[C@H]1CNC(=O)C1.C[C@@H](Oc1nc(-c2ccc(N3CCNCC3)c(F)c2)cc2ncn(C3CC3)c12)[C@H]1CNC(=O)C1. The number of pyridine rings is 2. The largest absolute Gasteiger partial charge is 0.473 e. The molecular weight excluding hydrogens is 963 g/mol. The molecule has 4 atom stereocenters. The maximum atomic E-state index is 15.5. The van der Waals surface area contributed by atoms with E-state index in [1.54, 1.807) is 17.0 Å². The van der Waals surface area contributed by atoms with Crippen LogP contribution in [0, 0.1) is 23.5 Å². The van der Waals surface area contributed by atoms with Crippen molar-refractivity contribution in [2.45, 2.75) is 103 Å². The van der Waals surface area contributed by atoms with Gasteiger partial charge in [-0.15, -0.1) is 0 Å². The van der Waals surface area contributed by atoms with Gasteiger partial charge in [0, 0.05) is 113 Å². The number of aromatic nitrogens is 6. The highest BCUT2D eigenvalue weighted by atomic mass is 19.1. The van der Waals surface area contributed by atoms with Crippen LogP contribution in [0.3, 0.4) is 0 Å². The van der Waals surface area contributed by atoms with E-state index in [4.69, 9.17) is 24.2 Å². The maximum absolute atomic E-state index is 15.5. The van der Waals surface area contributed by atoms with Crippen LogP contribution in [-0.4, -0.2) is 135 Å². The van der Waals surface area contributed by atoms with Gasteiger partial charge in [0.1, 0.15) is 40.5 Å². The number of hydrogen-bond donors (Lipinski definition) is 3. The minimum Gasteiger partial charge on any atom is -0.473 e. The van der Waals surface area contributed by atoms with Crippen molar-refractivity contribution in [3.05, 3.63) is 72.8 Å². The molecule has 6 aliphatic rings. The summed E-state index contributed by atoms with van der Waals surface area (Å²) >= 11 is 0. The lowest BCUT2D eigenvalue weighted by atomic mass is 10.0. The molecule has 6 fully saturated rings. The Morgan fingerprint density at radius 1 is 0.653 bits per heavy atom. The van der Waals surface area contributed by atoms with Crippen LogP contribution in [0.2, 0.25) is 0 Å². The number of amides is 3. The average molecular weight is 1030 g/mol. The zero-order valence-corrected chi connectivity index (χ0v) is 43.3. The third-order valence-electron chi connectivity index (χ3n) is 15.1. The molecule has 0 radical (unpaired) electrons. The number of nitrogens with zero attached hydrogens (tertiary/aromatic N) is 9. The van der Waals surface area contributed by atoms with E-state index in [0.29, 0.717) is 110 Å². The Morgan fingerprint density at radius 2 is 1.11 bits per heavy atom. The molecule has 0 bridgehead atoms. The van der Waals surface area contributed by atoms with Gasteiger partial charge in [-0.05, 0) is 96.7 Å². The first-order valence-electron chi connectivity index (χ1n) is 26.5. The highest BCUT2D eigenvalue weighted by Gasteiger charge is 2.34. The third kappa shape index (κ3) is 11.0. The molecule has 8 heterocycles. The summed E-state index contributed by atoms with van der Waals surface area (Å²) in [4.78, 5) is 60.5. The van der Waals surface area contributed by atoms with Crippen LogP contribution in [-0.2, 0) is 14.3 Å². The second-order valence-electron chi connectivity index (χ2n) is 21.8. The first kappa shape index (κ1) is 50.1. The summed E-state index contributed by atoms with van der Waals surface area (Å²) in [7, 11) is 0. The summed E-state index contributed by atoms with van der Waals surface area (Å²) in [6.07, 6.45) is 8.16. The first-order chi connectivity index (χ1) is 36.1. The number of imidazole rings is 2. The normalized spacial score (nSPS) is 20.9. The number of fused-ring (bicyclic) bond motifs is 2. The van der Waals surface area contributed by atoms with Crippen LogP contribution in [0.25, 0.3) is 44.6 Å². The molecule has 20 heteroatoms. The predicted molar refractivity (Wildman–Crippen MR) is 280 cm³/mol. The maximum Gasteiger partial charge on any atom is 0.410 e. The van der Waals surface area contributed by atoms with Gasteiger partial charge in [-0.2, -0.15) is 0 Å². The monoisotopic (exact) mass is 1030 g/mol. The summed E-state index contributed by atoms with van der Waals surface area (Å²) in [5, 5.41) is 9.05. The van der Waals surface area contributed by atoms with Crippen molar-refractivity contribution in [3.8, 4) is 34.3 Å². The summed E-state index contributed by atoms with van der Waals surface area (Å²) in [5.74, 6) is 0.555. The van der Waals surface area contributed by atoms with Gasteiger partial charge in [0.05, 0.1) is 46.5 Å². The van der Waals surface area contributed by atoms with Gasteiger partial charge in [0.25, 0.3) is 0 Å². The predicted octanol–water partition coefficient (Wildman–Crippen LogP) is 7.42. The van der Waals surface area contributed by atoms with E-state index in [0.717, 1.165) is 73.9 Å². The number of anilines is 2. The molecule has 4 aliphatic heterocycles. The minimum absolute atomic E-state index is 0.0298. The second kappa shape index (κ2) is 20.6. The van der Waals surface area contributed by atoms with Gasteiger partial charge in [-0.3, -0.25) is 9.59 Å². The number of carbonyl (C=O) groups is 3. The molecule has 3 amide bonds. The van der Waals surface area contributed by atoms with Crippen LogP contribution < -0.4 is 35.2 Å². The molecule has 0 spiro atoms. The Hall–Kier alpha value is -7.09. The van der Waals surface area contributed by atoms with Crippen molar-refractivity contribution in [1.29, 1.82) is 0 Å². The number of hydrogen-bond acceptors (Lipinski definition) is 13. The van der Waals surface area contributed by atoms with Gasteiger partial charge >= 0.3 is 6.09 Å². The number of carbonyl (C=O) groups excluding carboxylic acids is 3. The molecule has 2 aromatic carbocycles. The fourth-order valence-corrected chi connectivity index (χ4v) is 10.4. The molecule has 3 N–H and O–H groups in total. The van der Waals surface area contributed by atoms with Crippen LogP contribution in [0.4, 0.5) is 25.0 Å². The van der Waals surface area contributed by atoms with E-state index in [-0.39, 0.29) is 53.6 Å². The molecule has 2 aliphatic carbocycles. The Balaban J connectivity index is 0.000000163.